The molecule has 1 aliphatic rings. The molecule has 0 saturated heterocycles. The highest BCUT2D eigenvalue weighted by atomic mass is 16.7. The van der Waals surface area contributed by atoms with Gasteiger partial charge in [0.15, 0.2) is 11.5 Å². The number of pyridine rings is 1. The lowest BCUT2D eigenvalue weighted by atomic mass is 10.3. The molecule has 0 N–H and O–H groups in total. The predicted molar refractivity (Wildman–Crippen MR) is 78.6 cm³/mol. The second kappa shape index (κ2) is 4.80. The Morgan fingerprint density at radius 3 is 2.78 bits per heavy atom. The summed E-state index contributed by atoms with van der Waals surface area (Å²) in [6.07, 6.45) is 0.702. The Labute approximate surface area is 128 Å². The van der Waals surface area contributed by atoms with Crippen molar-refractivity contribution >= 4 is 11.3 Å². The van der Waals surface area contributed by atoms with Gasteiger partial charge in [-0.1, -0.05) is 6.07 Å². The molecule has 0 bridgehead atoms. The molecule has 23 heavy (non-hydrogen) atoms. The number of aromatic nitrogens is 2. The van der Waals surface area contributed by atoms with Crippen LogP contribution in [0, 0.1) is 10.1 Å². The summed E-state index contributed by atoms with van der Waals surface area (Å²) < 4.78 is 12.5. The summed E-state index contributed by atoms with van der Waals surface area (Å²) >= 11 is 0. The third-order valence-corrected chi connectivity index (χ3v) is 3.44. The summed E-state index contributed by atoms with van der Waals surface area (Å²) in [5, 5.41) is 10.8. The normalized spacial score (nSPS) is 15.7. The van der Waals surface area contributed by atoms with Gasteiger partial charge in [0.05, 0.1) is 11.0 Å². The highest BCUT2D eigenvalue weighted by Gasteiger charge is 2.29. The number of nitrogens with zero attached hydrogens (tertiary/aromatic N) is 3. The number of fused-ring (bicyclic) bond motifs is 2. The van der Waals surface area contributed by atoms with E-state index in [4.69, 9.17) is 9.47 Å². The van der Waals surface area contributed by atoms with Gasteiger partial charge in [-0.25, -0.2) is 4.98 Å². The molecule has 0 aliphatic carbocycles. The number of hydrogen-bond acceptors (Lipinski definition) is 6. The molecule has 8 nitrogen and oxygen atoms in total. The highest BCUT2D eigenvalue weighted by molar-refractivity contribution is 5.50. The van der Waals surface area contributed by atoms with Gasteiger partial charge in [-0.2, -0.15) is 0 Å². The second-order valence-electron chi connectivity index (χ2n) is 4.90. The van der Waals surface area contributed by atoms with E-state index in [0.29, 0.717) is 17.1 Å². The second-order valence-corrected chi connectivity index (χ2v) is 4.90. The first-order chi connectivity index (χ1) is 11.1. The van der Waals surface area contributed by atoms with E-state index in [1.54, 1.807) is 24.4 Å². The summed E-state index contributed by atoms with van der Waals surface area (Å²) in [5.41, 5.74) is 0.406. The third-order valence-electron chi connectivity index (χ3n) is 3.44. The van der Waals surface area contributed by atoms with E-state index in [1.165, 1.54) is 28.7 Å². The smallest absolute Gasteiger partial charge is 0.285 e. The van der Waals surface area contributed by atoms with Gasteiger partial charge in [-0.3, -0.25) is 19.3 Å². The fourth-order valence-corrected chi connectivity index (χ4v) is 2.37. The van der Waals surface area contributed by atoms with Crippen molar-refractivity contribution in [1.29, 1.82) is 0 Å². The molecule has 8 heteroatoms. The Balaban J connectivity index is 1.73. The van der Waals surface area contributed by atoms with Crippen LogP contribution in [0.3, 0.4) is 0 Å². The molecule has 114 valence electrons. The van der Waals surface area contributed by atoms with E-state index >= 15 is 0 Å². The number of benzene rings is 1. The molecular formula is C15H9N3O5. The van der Waals surface area contributed by atoms with Crippen molar-refractivity contribution in [3.63, 3.8) is 0 Å². The van der Waals surface area contributed by atoms with Crippen LogP contribution in [0.15, 0.2) is 53.5 Å². The van der Waals surface area contributed by atoms with Gasteiger partial charge in [0.2, 0.25) is 0 Å². The molecule has 0 amide bonds. The van der Waals surface area contributed by atoms with Crippen LogP contribution in [0.2, 0.25) is 0 Å². The van der Waals surface area contributed by atoms with Gasteiger partial charge in [0.1, 0.15) is 11.3 Å². The summed E-state index contributed by atoms with van der Waals surface area (Å²) in [4.78, 5) is 26.7. The van der Waals surface area contributed by atoms with Crippen LogP contribution >= 0.6 is 0 Å². The van der Waals surface area contributed by atoms with Gasteiger partial charge in [0.25, 0.3) is 17.5 Å². The van der Waals surface area contributed by atoms with Crippen molar-refractivity contribution in [2.75, 3.05) is 0 Å². The van der Waals surface area contributed by atoms with Crippen molar-refractivity contribution in [3.8, 4) is 11.5 Å². The maximum Gasteiger partial charge on any atom is 0.285 e. The van der Waals surface area contributed by atoms with E-state index in [0.717, 1.165) is 0 Å². The quantitative estimate of drug-likeness (QED) is 0.531. The average molecular weight is 311 g/mol. The summed E-state index contributed by atoms with van der Waals surface area (Å²) in [6, 6.07) is 10.6. The SMILES string of the molecule is O=c1cc(C2Oc3ccc([N+](=O)[O-])cc3O2)nc2ccccn12. The molecule has 0 fully saturated rings. The van der Waals surface area contributed by atoms with Crippen LogP contribution in [0.4, 0.5) is 5.69 Å². The van der Waals surface area contributed by atoms with Gasteiger partial charge in [0, 0.05) is 18.3 Å². The first-order valence-electron chi connectivity index (χ1n) is 6.72. The van der Waals surface area contributed by atoms with Crippen molar-refractivity contribution in [2.45, 2.75) is 6.29 Å². The molecular weight excluding hydrogens is 302 g/mol. The van der Waals surface area contributed by atoms with Crippen LogP contribution in [-0.2, 0) is 0 Å². The van der Waals surface area contributed by atoms with E-state index in [9.17, 15) is 14.9 Å². The molecule has 1 aromatic carbocycles. The lowest BCUT2D eigenvalue weighted by Gasteiger charge is -2.10. The molecule has 1 unspecified atom stereocenters. The Kier molecular flexibility index (Phi) is 2.77. The standard InChI is InChI=1S/C15H9N3O5/c19-14-8-10(16-13-3-1-2-6-17(13)14)15-22-11-5-4-9(18(20)21)7-12(11)23-15/h1-8,15H. The van der Waals surface area contributed by atoms with Crippen LogP contribution in [0.5, 0.6) is 11.5 Å². The fourth-order valence-electron chi connectivity index (χ4n) is 2.37. The zero-order valence-electron chi connectivity index (χ0n) is 11.6. The molecule has 0 saturated carbocycles. The van der Waals surface area contributed by atoms with Crippen LogP contribution in [-0.4, -0.2) is 14.3 Å². The van der Waals surface area contributed by atoms with Crippen molar-refractivity contribution in [3.05, 3.63) is 74.8 Å². The third kappa shape index (κ3) is 2.16. The number of rotatable bonds is 2. The van der Waals surface area contributed by atoms with Gasteiger partial charge in [-0.05, 0) is 18.2 Å². The zero-order chi connectivity index (χ0) is 16.0. The first-order valence-corrected chi connectivity index (χ1v) is 6.72. The Bertz CT molecular complexity index is 998. The lowest BCUT2D eigenvalue weighted by Crippen LogP contribution is -2.19. The minimum Gasteiger partial charge on any atom is -0.445 e. The largest absolute Gasteiger partial charge is 0.445 e. The fraction of sp³-hybridized carbons (Fsp3) is 0.0667. The van der Waals surface area contributed by atoms with Crippen molar-refractivity contribution < 1.29 is 14.4 Å². The Hall–Kier alpha value is -3.42. The summed E-state index contributed by atoms with van der Waals surface area (Å²) in [7, 11) is 0. The molecule has 2 aromatic heterocycles. The highest BCUT2D eigenvalue weighted by Crippen LogP contribution is 2.41. The Morgan fingerprint density at radius 1 is 1.13 bits per heavy atom. The topological polar surface area (TPSA) is 96.0 Å². The van der Waals surface area contributed by atoms with E-state index in [2.05, 4.69) is 4.98 Å². The van der Waals surface area contributed by atoms with Crippen LogP contribution < -0.4 is 15.0 Å². The van der Waals surface area contributed by atoms with E-state index in [1.807, 2.05) is 0 Å². The van der Waals surface area contributed by atoms with Gasteiger partial charge in [-0.15, -0.1) is 0 Å². The Morgan fingerprint density at radius 2 is 1.96 bits per heavy atom. The molecule has 3 aromatic rings. The maximum atomic E-state index is 12.1. The predicted octanol–water partition coefficient (Wildman–Crippen LogP) is 2.07. The number of non-ortho nitro benzene ring substituents is 1. The van der Waals surface area contributed by atoms with E-state index < -0.39 is 11.2 Å². The van der Waals surface area contributed by atoms with Crippen molar-refractivity contribution in [2.24, 2.45) is 0 Å². The number of nitro groups is 1. The molecule has 0 spiro atoms. The van der Waals surface area contributed by atoms with Crippen molar-refractivity contribution in [1.82, 2.24) is 9.38 Å². The first kappa shape index (κ1) is 13.3. The van der Waals surface area contributed by atoms with E-state index in [-0.39, 0.29) is 17.0 Å². The minimum atomic E-state index is -0.912. The van der Waals surface area contributed by atoms with Gasteiger partial charge >= 0.3 is 0 Å². The maximum absolute atomic E-state index is 12.1. The van der Waals surface area contributed by atoms with Crippen LogP contribution in [0.1, 0.15) is 12.0 Å². The van der Waals surface area contributed by atoms with Gasteiger partial charge < -0.3 is 9.47 Å². The monoisotopic (exact) mass is 311 g/mol. The number of ether oxygens (including phenoxy) is 2. The summed E-state index contributed by atoms with van der Waals surface area (Å²) in [6.45, 7) is 0. The number of hydrogen-bond donors (Lipinski definition) is 0. The minimum absolute atomic E-state index is 0.0976. The summed E-state index contributed by atoms with van der Waals surface area (Å²) in [5.74, 6) is 0.620. The zero-order valence-corrected chi connectivity index (χ0v) is 11.6. The molecule has 1 atom stereocenters. The molecule has 3 heterocycles. The van der Waals surface area contributed by atoms with Crippen LogP contribution in [0.25, 0.3) is 5.65 Å². The molecule has 1 aliphatic heterocycles. The average Bonchev–Trinajstić information content (AvgIpc) is 2.98. The molecule has 0 radical (unpaired) electrons. The number of nitro benzene ring substituents is 1. The molecule has 4 rings (SSSR count). The lowest BCUT2D eigenvalue weighted by molar-refractivity contribution is -0.384.